The lowest BCUT2D eigenvalue weighted by Crippen LogP contribution is -2.29. The second kappa shape index (κ2) is 10.7. The number of nitrogens with two attached hydrogens (primary N) is 1. The Bertz CT molecular complexity index is 439. The van der Waals surface area contributed by atoms with E-state index >= 15 is 0 Å². The van der Waals surface area contributed by atoms with Crippen molar-refractivity contribution in [3.63, 3.8) is 0 Å². The van der Waals surface area contributed by atoms with Crippen LogP contribution in [0.3, 0.4) is 0 Å². The highest BCUT2D eigenvalue weighted by Gasteiger charge is 2.08. The fourth-order valence-electron chi connectivity index (χ4n) is 2.18. The molecule has 0 radical (unpaired) electrons. The minimum Gasteiger partial charge on any atom is -0.401 e. The zero-order chi connectivity index (χ0) is 16.4. The molecule has 0 bridgehead atoms. The molecule has 0 spiro atoms. The van der Waals surface area contributed by atoms with Gasteiger partial charge in [-0.3, -0.25) is 4.90 Å². The molecule has 3 nitrogen and oxygen atoms in total. The van der Waals surface area contributed by atoms with Crippen molar-refractivity contribution in [1.82, 2.24) is 10.2 Å². The SMILES string of the molecule is CCN(CCCNC(C)C)CS/C(=C(/C)N)c1ccccc1. The molecule has 22 heavy (non-hydrogen) atoms. The number of benzene rings is 1. The molecule has 1 aromatic rings. The van der Waals surface area contributed by atoms with Gasteiger partial charge in [-0.25, -0.2) is 0 Å². The van der Waals surface area contributed by atoms with Crippen molar-refractivity contribution < 1.29 is 0 Å². The quantitative estimate of drug-likeness (QED) is 0.509. The van der Waals surface area contributed by atoms with Gasteiger partial charge in [0, 0.05) is 29.1 Å². The Balaban J connectivity index is 2.48. The van der Waals surface area contributed by atoms with E-state index in [2.05, 4.69) is 55.3 Å². The standard InChI is InChI=1S/C18H31N3S/c1-5-21(13-9-12-20-15(2)3)14-22-18(16(4)19)17-10-7-6-8-11-17/h6-8,10-11,15,20H,5,9,12-14,19H2,1-4H3/b18-16-. The summed E-state index contributed by atoms with van der Waals surface area (Å²) in [7, 11) is 0. The summed E-state index contributed by atoms with van der Waals surface area (Å²) in [4.78, 5) is 3.66. The molecular formula is C18H31N3S. The maximum absolute atomic E-state index is 6.08. The van der Waals surface area contributed by atoms with Crippen LogP contribution in [-0.2, 0) is 0 Å². The molecule has 0 aliphatic heterocycles. The van der Waals surface area contributed by atoms with Crippen LogP contribution in [0.1, 0.15) is 39.7 Å². The molecule has 0 unspecified atom stereocenters. The minimum absolute atomic E-state index is 0.567. The highest BCUT2D eigenvalue weighted by Crippen LogP contribution is 2.29. The lowest BCUT2D eigenvalue weighted by Gasteiger charge is -2.21. The Morgan fingerprint density at radius 3 is 2.50 bits per heavy atom. The molecule has 1 rings (SSSR count). The van der Waals surface area contributed by atoms with Gasteiger partial charge in [-0.05, 0) is 32.0 Å². The third-order valence-electron chi connectivity index (χ3n) is 3.44. The Hall–Kier alpha value is -0.970. The highest BCUT2D eigenvalue weighted by atomic mass is 32.2. The molecule has 3 N–H and O–H groups in total. The molecular weight excluding hydrogens is 290 g/mol. The first-order chi connectivity index (χ1) is 10.5. The van der Waals surface area contributed by atoms with E-state index in [9.17, 15) is 0 Å². The summed E-state index contributed by atoms with van der Waals surface area (Å²) in [6.45, 7) is 11.9. The summed E-state index contributed by atoms with van der Waals surface area (Å²) < 4.78 is 0. The van der Waals surface area contributed by atoms with Crippen LogP contribution in [0.4, 0.5) is 0 Å². The van der Waals surface area contributed by atoms with Crippen molar-refractivity contribution in [3.05, 3.63) is 41.6 Å². The van der Waals surface area contributed by atoms with Crippen molar-refractivity contribution in [1.29, 1.82) is 0 Å². The number of allylic oxidation sites excluding steroid dienone is 1. The maximum Gasteiger partial charge on any atom is 0.0492 e. The molecule has 0 saturated carbocycles. The summed E-state index contributed by atoms with van der Waals surface area (Å²) in [6.07, 6.45) is 1.18. The van der Waals surface area contributed by atoms with E-state index in [0.717, 1.165) is 31.2 Å². The van der Waals surface area contributed by atoms with E-state index in [1.807, 2.05) is 24.8 Å². The van der Waals surface area contributed by atoms with Gasteiger partial charge < -0.3 is 11.1 Å². The molecule has 0 aliphatic rings. The van der Waals surface area contributed by atoms with Crippen LogP contribution in [0, 0.1) is 0 Å². The molecule has 0 fully saturated rings. The zero-order valence-corrected chi connectivity index (χ0v) is 15.2. The van der Waals surface area contributed by atoms with Crippen LogP contribution < -0.4 is 11.1 Å². The minimum atomic E-state index is 0.567. The summed E-state index contributed by atoms with van der Waals surface area (Å²) in [6, 6.07) is 11.0. The molecule has 124 valence electrons. The van der Waals surface area contributed by atoms with Crippen molar-refractivity contribution in [2.24, 2.45) is 5.73 Å². The fraction of sp³-hybridized carbons (Fsp3) is 0.556. The number of thioether (sulfide) groups is 1. The van der Waals surface area contributed by atoms with Gasteiger partial charge >= 0.3 is 0 Å². The van der Waals surface area contributed by atoms with Crippen LogP contribution >= 0.6 is 11.8 Å². The largest absolute Gasteiger partial charge is 0.401 e. The predicted molar refractivity (Wildman–Crippen MR) is 101 cm³/mol. The number of hydrogen-bond acceptors (Lipinski definition) is 4. The average Bonchev–Trinajstić information content (AvgIpc) is 2.50. The molecule has 0 atom stereocenters. The third kappa shape index (κ3) is 7.34. The first kappa shape index (κ1) is 19.1. The van der Waals surface area contributed by atoms with Crippen molar-refractivity contribution in [2.45, 2.75) is 40.2 Å². The highest BCUT2D eigenvalue weighted by molar-refractivity contribution is 8.08. The fourth-order valence-corrected chi connectivity index (χ4v) is 3.33. The van der Waals surface area contributed by atoms with Crippen LogP contribution in [-0.4, -0.2) is 36.5 Å². The lowest BCUT2D eigenvalue weighted by atomic mass is 10.2. The Morgan fingerprint density at radius 2 is 1.95 bits per heavy atom. The summed E-state index contributed by atoms with van der Waals surface area (Å²) in [5.41, 5.74) is 8.19. The van der Waals surface area contributed by atoms with Crippen molar-refractivity contribution in [3.8, 4) is 0 Å². The average molecular weight is 322 g/mol. The van der Waals surface area contributed by atoms with Gasteiger partial charge in [0.05, 0.1) is 0 Å². The molecule has 0 aromatic heterocycles. The molecule has 0 saturated heterocycles. The molecule has 1 aromatic carbocycles. The summed E-state index contributed by atoms with van der Waals surface area (Å²) >= 11 is 1.84. The van der Waals surface area contributed by atoms with Crippen molar-refractivity contribution >= 4 is 16.7 Å². The van der Waals surface area contributed by atoms with Crippen LogP contribution in [0.2, 0.25) is 0 Å². The van der Waals surface area contributed by atoms with E-state index in [1.165, 1.54) is 16.9 Å². The lowest BCUT2D eigenvalue weighted by molar-refractivity contribution is 0.329. The van der Waals surface area contributed by atoms with Gasteiger partial charge in [0.25, 0.3) is 0 Å². The van der Waals surface area contributed by atoms with Gasteiger partial charge in [0.1, 0.15) is 0 Å². The van der Waals surface area contributed by atoms with Crippen molar-refractivity contribution in [2.75, 3.05) is 25.5 Å². The first-order valence-corrected chi connectivity index (χ1v) is 9.13. The number of hydrogen-bond donors (Lipinski definition) is 2. The van der Waals surface area contributed by atoms with Crippen LogP contribution in [0.25, 0.3) is 4.91 Å². The topological polar surface area (TPSA) is 41.3 Å². The Morgan fingerprint density at radius 1 is 1.27 bits per heavy atom. The maximum atomic E-state index is 6.08. The monoisotopic (exact) mass is 321 g/mol. The molecule has 4 heteroatoms. The van der Waals surface area contributed by atoms with Crippen LogP contribution in [0.15, 0.2) is 36.0 Å². The molecule has 0 heterocycles. The normalized spacial score (nSPS) is 12.8. The zero-order valence-electron chi connectivity index (χ0n) is 14.4. The smallest absolute Gasteiger partial charge is 0.0492 e. The number of rotatable bonds is 10. The van der Waals surface area contributed by atoms with Gasteiger partial charge in [-0.15, -0.1) is 11.8 Å². The molecule has 0 aliphatic carbocycles. The van der Waals surface area contributed by atoms with Gasteiger partial charge in [0.2, 0.25) is 0 Å². The second-order valence-electron chi connectivity index (χ2n) is 5.82. The van der Waals surface area contributed by atoms with E-state index in [-0.39, 0.29) is 0 Å². The first-order valence-electron chi connectivity index (χ1n) is 8.14. The van der Waals surface area contributed by atoms with Gasteiger partial charge in [-0.1, -0.05) is 51.1 Å². The molecule has 0 amide bonds. The third-order valence-corrected chi connectivity index (χ3v) is 4.78. The predicted octanol–water partition coefficient (Wildman–Crippen LogP) is 3.73. The van der Waals surface area contributed by atoms with Gasteiger partial charge in [0.15, 0.2) is 0 Å². The second-order valence-corrected chi connectivity index (χ2v) is 6.78. The Labute approximate surface area is 140 Å². The summed E-state index contributed by atoms with van der Waals surface area (Å²) in [5.74, 6) is 0.983. The van der Waals surface area contributed by atoms with Gasteiger partial charge in [-0.2, -0.15) is 0 Å². The van der Waals surface area contributed by atoms with Crippen LogP contribution in [0.5, 0.6) is 0 Å². The van der Waals surface area contributed by atoms with E-state index in [0.29, 0.717) is 6.04 Å². The van der Waals surface area contributed by atoms with E-state index in [1.54, 1.807) is 0 Å². The number of nitrogens with zero attached hydrogens (tertiary/aromatic N) is 1. The van der Waals surface area contributed by atoms with E-state index < -0.39 is 0 Å². The Kier molecular flexibility index (Phi) is 9.28. The summed E-state index contributed by atoms with van der Waals surface area (Å²) in [5, 5.41) is 3.47. The van der Waals surface area contributed by atoms with E-state index in [4.69, 9.17) is 5.73 Å². The number of nitrogens with one attached hydrogen (secondary N) is 1.